The third-order valence-corrected chi connectivity index (χ3v) is 4.37. The first-order chi connectivity index (χ1) is 11.7. The predicted octanol–water partition coefficient (Wildman–Crippen LogP) is 2.28. The topological polar surface area (TPSA) is 83.0 Å². The fourth-order valence-electron chi connectivity index (χ4n) is 3.00. The van der Waals surface area contributed by atoms with Crippen molar-refractivity contribution < 1.29 is 9.26 Å². The summed E-state index contributed by atoms with van der Waals surface area (Å²) in [6.07, 6.45) is 2.62. The fraction of sp³-hybridized carbons (Fsp3) is 0.412. The van der Waals surface area contributed by atoms with E-state index in [0.717, 1.165) is 12.1 Å². The molecule has 0 bridgehead atoms. The molecule has 124 valence electrons. The fourth-order valence-corrected chi connectivity index (χ4v) is 3.00. The highest BCUT2D eigenvalue weighted by molar-refractivity contribution is 5.79. The van der Waals surface area contributed by atoms with Crippen molar-refractivity contribution in [3.05, 3.63) is 40.1 Å². The molecule has 1 fully saturated rings. The molecule has 1 aliphatic rings. The molecule has 1 unspecified atom stereocenters. The molecule has 0 radical (unpaired) electrons. The Balaban J connectivity index is 1.86. The minimum atomic E-state index is -0.139. The molecule has 3 aromatic rings. The molecule has 7 nitrogen and oxygen atoms in total. The van der Waals surface area contributed by atoms with E-state index in [-0.39, 0.29) is 17.2 Å². The molecule has 3 aromatic heterocycles. The smallest absolute Gasteiger partial charge is 0.263 e. The van der Waals surface area contributed by atoms with Crippen LogP contribution in [0.25, 0.3) is 22.5 Å². The van der Waals surface area contributed by atoms with Gasteiger partial charge in [-0.3, -0.25) is 4.79 Å². The van der Waals surface area contributed by atoms with Crippen molar-refractivity contribution in [1.82, 2.24) is 19.7 Å². The molecule has 0 aliphatic carbocycles. The van der Waals surface area contributed by atoms with E-state index in [1.54, 1.807) is 12.3 Å². The molecule has 0 amide bonds. The Bertz CT molecular complexity index is 954. The first-order valence-electron chi connectivity index (χ1n) is 8.10. The van der Waals surface area contributed by atoms with Crippen LogP contribution in [0.5, 0.6) is 0 Å². The Morgan fingerprint density at radius 1 is 1.33 bits per heavy atom. The number of aromatic nitrogens is 4. The van der Waals surface area contributed by atoms with E-state index in [0.29, 0.717) is 42.2 Å². The van der Waals surface area contributed by atoms with Crippen molar-refractivity contribution in [3.63, 3.8) is 0 Å². The first-order valence-corrected chi connectivity index (χ1v) is 8.10. The summed E-state index contributed by atoms with van der Waals surface area (Å²) < 4.78 is 12.7. The van der Waals surface area contributed by atoms with Crippen LogP contribution in [0.1, 0.15) is 30.8 Å². The minimum absolute atomic E-state index is 0.139. The van der Waals surface area contributed by atoms with E-state index < -0.39 is 0 Å². The zero-order chi connectivity index (χ0) is 16.7. The summed E-state index contributed by atoms with van der Waals surface area (Å²) in [6.45, 7) is 5.91. The molecule has 1 saturated heterocycles. The quantitative estimate of drug-likeness (QED) is 0.734. The van der Waals surface area contributed by atoms with Gasteiger partial charge < -0.3 is 13.8 Å². The van der Waals surface area contributed by atoms with E-state index in [9.17, 15) is 4.79 Å². The molecule has 7 heteroatoms. The van der Waals surface area contributed by atoms with Gasteiger partial charge in [0.15, 0.2) is 5.82 Å². The average Bonchev–Trinajstić information content (AvgIpc) is 3.26. The third-order valence-electron chi connectivity index (χ3n) is 4.37. The molecular formula is C17H18N4O3. The van der Waals surface area contributed by atoms with E-state index in [1.165, 1.54) is 0 Å². The van der Waals surface area contributed by atoms with Crippen LogP contribution in [0.15, 0.2) is 27.6 Å². The number of hydrogen-bond donors (Lipinski definition) is 0. The van der Waals surface area contributed by atoms with Gasteiger partial charge in [0, 0.05) is 31.0 Å². The number of rotatable bonds is 3. The molecule has 4 rings (SSSR count). The standard InChI is InChI=1S/C17H18N4O3/c1-3-21-8-13(14(22)12-5-4-10(2)18-16(12)21)17-19-15(20-24-17)11-6-7-23-9-11/h4-5,8,11H,3,6-7,9H2,1-2H3. The zero-order valence-corrected chi connectivity index (χ0v) is 13.7. The van der Waals surface area contributed by atoms with Gasteiger partial charge in [0.2, 0.25) is 5.43 Å². The Labute approximate surface area is 138 Å². The Kier molecular flexibility index (Phi) is 3.65. The van der Waals surface area contributed by atoms with Crippen molar-refractivity contribution >= 4 is 11.0 Å². The largest absolute Gasteiger partial charge is 0.381 e. The molecule has 1 atom stereocenters. The molecule has 0 aromatic carbocycles. The first kappa shape index (κ1) is 15.0. The van der Waals surface area contributed by atoms with Gasteiger partial charge in [-0.25, -0.2) is 4.98 Å². The van der Waals surface area contributed by atoms with E-state index in [4.69, 9.17) is 9.26 Å². The van der Waals surface area contributed by atoms with Gasteiger partial charge in [-0.2, -0.15) is 4.98 Å². The Morgan fingerprint density at radius 2 is 2.21 bits per heavy atom. The van der Waals surface area contributed by atoms with E-state index in [1.807, 2.05) is 24.5 Å². The van der Waals surface area contributed by atoms with Gasteiger partial charge in [0.1, 0.15) is 11.2 Å². The number of pyridine rings is 2. The lowest BCUT2D eigenvalue weighted by molar-refractivity contribution is 0.192. The molecule has 1 aliphatic heterocycles. The van der Waals surface area contributed by atoms with Gasteiger partial charge in [-0.1, -0.05) is 5.16 Å². The van der Waals surface area contributed by atoms with Crippen LogP contribution in [-0.4, -0.2) is 32.9 Å². The lowest BCUT2D eigenvalue weighted by atomic mass is 10.1. The third kappa shape index (κ3) is 2.41. The number of fused-ring (bicyclic) bond motifs is 1. The van der Waals surface area contributed by atoms with Gasteiger partial charge in [-0.05, 0) is 32.4 Å². The van der Waals surface area contributed by atoms with Gasteiger partial charge >= 0.3 is 0 Å². The highest BCUT2D eigenvalue weighted by atomic mass is 16.5. The highest BCUT2D eigenvalue weighted by Gasteiger charge is 2.24. The van der Waals surface area contributed by atoms with Crippen LogP contribution >= 0.6 is 0 Å². The minimum Gasteiger partial charge on any atom is -0.381 e. The highest BCUT2D eigenvalue weighted by Crippen LogP contribution is 2.25. The molecular weight excluding hydrogens is 308 g/mol. The molecule has 24 heavy (non-hydrogen) atoms. The number of aryl methyl sites for hydroxylation is 2. The summed E-state index contributed by atoms with van der Waals surface area (Å²) in [7, 11) is 0. The van der Waals surface area contributed by atoms with E-state index in [2.05, 4.69) is 15.1 Å². The van der Waals surface area contributed by atoms with Crippen LogP contribution in [0.4, 0.5) is 0 Å². The summed E-state index contributed by atoms with van der Waals surface area (Å²) in [6, 6.07) is 3.64. The van der Waals surface area contributed by atoms with Crippen molar-refractivity contribution in [3.8, 4) is 11.5 Å². The van der Waals surface area contributed by atoms with Crippen molar-refractivity contribution in [2.45, 2.75) is 32.7 Å². The summed E-state index contributed by atoms with van der Waals surface area (Å²) in [4.78, 5) is 21.8. The van der Waals surface area contributed by atoms with Crippen LogP contribution in [0.3, 0.4) is 0 Å². The normalized spacial score (nSPS) is 17.7. The average molecular weight is 326 g/mol. The molecule has 4 heterocycles. The van der Waals surface area contributed by atoms with Crippen LogP contribution in [0.2, 0.25) is 0 Å². The summed E-state index contributed by atoms with van der Waals surface area (Å²) in [5.41, 5.74) is 1.82. The van der Waals surface area contributed by atoms with E-state index >= 15 is 0 Å². The Hall–Kier alpha value is -2.54. The second-order valence-corrected chi connectivity index (χ2v) is 6.00. The zero-order valence-electron chi connectivity index (χ0n) is 13.7. The second-order valence-electron chi connectivity index (χ2n) is 6.00. The SMILES string of the molecule is CCn1cc(-c2nc(C3CCOC3)no2)c(=O)c2ccc(C)nc21. The van der Waals surface area contributed by atoms with Crippen molar-refractivity contribution in [1.29, 1.82) is 0 Å². The predicted molar refractivity (Wildman–Crippen MR) is 87.9 cm³/mol. The number of nitrogens with zero attached hydrogens (tertiary/aromatic N) is 4. The van der Waals surface area contributed by atoms with Gasteiger partial charge in [0.05, 0.1) is 12.0 Å². The Morgan fingerprint density at radius 3 is 2.96 bits per heavy atom. The number of ether oxygens (including phenoxy) is 1. The summed E-state index contributed by atoms with van der Waals surface area (Å²) in [5, 5.41) is 4.59. The number of hydrogen-bond acceptors (Lipinski definition) is 6. The monoisotopic (exact) mass is 326 g/mol. The van der Waals surface area contributed by atoms with Crippen molar-refractivity contribution in [2.24, 2.45) is 0 Å². The van der Waals surface area contributed by atoms with Gasteiger partial charge in [0.25, 0.3) is 5.89 Å². The lowest BCUT2D eigenvalue weighted by Crippen LogP contribution is -2.13. The van der Waals surface area contributed by atoms with Crippen LogP contribution < -0.4 is 5.43 Å². The van der Waals surface area contributed by atoms with Crippen LogP contribution in [0, 0.1) is 6.92 Å². The second kappa shape index (κ2) is 5.83. The van der Waals surface area contributed by atoms with Crippen LogP contribution in [-0.2, 0) is 11.3 Å². The van der Waals surface area contributed by atoms with Crippen molar-refractivity contribution in [2.75, 3.05) is 13.2 Å². The maximum atomic E-state index is 12.8. The van der Waals surface area contributed by atoms with Gasteiger partial charge in [-0.15, -0.1) is 0 Å². The lowest BCUT2D eigenvalue weighted by Gasteiger charge is -2.09. The summed E-state index contributed by atoms with van der Waals surface area (Å²) in [5.74, 6) is 0.999. The maximum Gasteiger partial charge on any atom is 0.263 e. The molecule has 0 spiro atoms. The summed E-state index contributed by atoms with van der Waals surface area (Å²) >= 11 is 0. The molecule has 0 N–H and O–H groups in total. The molecule has 0 saturated carbocycles. The maximum absolute atomic E-state index is 12.8.